The van der Waals surface area contributed by atoms with E-state index in [-0.39, 0.29) is 6.04 Å². The summed E-state index contributed by atoms with van der Waals surface area (Å²) in [5.41, 5.74) is 0. The SMILES string of the molecule is CCCCC(CC)NS(=O)(=O)c1ccccc1. The highest BCUT2D eigenvalue weighted by molar-refractivity contribution is 7.89. The Balaban J connectivity index is 2.72. The molecule has 96 valence electrons. The largest absolute Gasteiger partial charge is 0.240 e. The molecule has 0 aromatic heterocycles. The molecule has 0 radical (unpaired) electrons. The predicted molar refractivity (Wildman–Crippen MR) is 70.4 cm³/mol. The molecule has 0 saturated carbocycles. The standard InChI is InChI=1S/C13H21NO2S/c1-3-5-9-12(4-2)14-17(15,16)13-10-7-6-8-11-13/h6-8,10-12,14H,3-5,9H2,1-2H3. The van der Waals surface area contributed by atoms with Crippen molar-refractivity contribution < 1.29 is 8.42 Å². The summed E-state index contributed by atoms with van der Waals surface area (Å²) in [5, 5.41) is 0. The average molecular weight is 255 g/mol. The molecule has 0 aliphatic rings. The van der Waals surface area contributed by atoms with E-state index in [9.17, 15) is 8.42 Å². The lowest BCUT2D eigenvalue weighted by atomic mass is 10.1. The monoisotopic (exact) mass is 255 g/mol. The number of sulfonamides is 1. The van der Waals surface area contributed by atoms with Crippen molar-refractivity contribution in [2.45, 2.75) is 50.5 Å². The van der Waals surface area contributed by atoms with Crippen molar-refractivity contribution in [2.24, 2.45) is 0 Å². The molecule has 1 aromatic rings. The third-order valence-electron chi connectivity index (χ3n) is 2.77. The average Bonchev–Trinajstić information content (AvgIpc) is 2.35. The van der Waals surface area contributed by atoms with Crippen LogP contribution in [0, 0.1) is 0 Å². The Bertz CT molecular complexity index is 414. The molecule has 0 spiro atoms. The van der Waals surface area contributed by atoms with Crippen molar-refractivity contribution in [3.8, 4) is 0 Å². The summed E-state index contributed by atoms with van der Waals surface area (Å²) in [6, 6.07) is 8.57. The fourth-order valence-electron chi connectivity index (χ4n) is 1.68. The Morgan fingerprint density at radius 3 is 2.35 bits per heavy atom. The van der Waals surface area contributed by atoms with Crippen LogP contribution in [0.4, 0.5) is 0 Å². The molecule has 1 N–H and O–H groups in total. The minimum absolute atomic E-state index is 0.0418. The molecule has 4 heteroatoms. The molecule has 0 heterocycles. The van der Waals surface area contributed by atoms with Crippen LogP contribution < -0.4 is 4.72 Å². The van der Waals surface area contributed by atoms with E-state index in [2.05, 4.69) is 11.6 Å². The molecule has 0 amide bonds. The van der Waals surface area contributed by atoms with E-state index in [1.165, 1.54) is 0 Å². The topological polar surface area (TPSA) is 46.2 Å². The smallest absolute Gasteiger partial charge is 0.208 e. The lowest BCUT2D eigenvalue weighted by Gasteiger charge is -2.16. The van der Waals surface area contributed by atoms with E-state index in [1.807, 2.05) is 13.0 Å². The first-order valence-electron chi connectivity index (χ1n) is 6.17. The molecule has 0 saturated heterocycles. The minimum Gasteiger partial charge on any atom is -0.208 e. The van der Waals surface area contributed by atoms with Gasteiger partial charge in [-0.05, 0) is 25.0 Å². The second-order valence-electron chi connectivity index (χ2n) is 4.18. The first kappa shape index (κ1) is 14.2. The van der Waals surface area contributed by atoms with Crippen LogP contribution in [-0.4, -0.2) is 14.5 Å². The van der Waals surface area contributed by atoms with E-state index < -0.39 is 10.0 Å². The van der Waals surface area contributed by atoms with Gasteiger partial charge in [-0.3, -0.25) is 0 Å². The van der Waals surface area contributed by atoms with Crippen LogP contribution in [0.15, 0.2) is 35.2 Å². The first-order chi connectivity index (χ1) is 8.10. The Kier molecular flexibility index (Phi) is 5.65. The zero-order valence-corrected chi connectivity index (χ0v) is 11.3. The van der Waals surface area contributed by atoms with Crippen molar-refractivity contribution in [1.29, 1.82) is 0 Å². The molecule has 0 fully saturated rings. The number of nitrogens with one attached hydrogen (secondary N) is 1. The zero-order valence-electron chi connectivity index (χ0n) is 10.5. The van der Waals surface area contributed by atoms with Crippen LogP contribution in [-0.2, 0) is 10.0 Å². The normalized spacial score (nSPS) is 13.5. The third kappa shape index (κ3) is 4.48. The summed E-state index contributed by atoms with van der Waals surface area (Å²) in [6.07, 6.45) is 3.87. The second kappa shape index (κ2) is 6.77. The molecule has 1 atom stereocenters. The third-order valence-corrected chi connectivity index (χ3v) is 4.31. The van der Waals surface area contributed by atoms with Gasteiger partial charge >= 0.3 is 0 Å². The number of rotatable bonds is 7. The van der Waals surface area contributed by atoms with Crippen molar-refractivity contribution in [1.82, 2.24) is 4.72 Å². The Morgan fingerprint density at radius 2 is 1.82 bits per heavy atom. The quantitative estimate of drug-likeness (QED) is 0.814. The van der Waals surface area contributed by atoms with Crippen LogP contribution in [0.1, 0.15) is 39.5 Å². The summed E-state index contributed by atoms with van der Waals surface area (Å²) >= 11 is 0. The van der Waals surface area contributed by atoms with Gasteiger partial charge in [-0.2, -0.15) is 0 Å². The van der Waals surface area contributed by atoms with Gasteiger partial charge in [0.15, 0.2) is 0 Å². The Hall–Kier alpha value is -0.870. The molecule has 17 heavy (non-hydrogen) atoms. The molecular formula is C13H21NO2S. The predicted octanol–water partition coefficient (Wildman–Crippen LogP) is 2.93. The van der Waals surface area contributed by atoms with Gasteiger partial charge in [-0.15, -0.1) is 0 Å². The van der Waals surface area contributed by atoms with Gasteiger partial charge in [0.05, 0.1) is 4.90 Å². The van der Waals surface area contributed by atoms with Crippen molar-refractivity contribution >= 4 is 10.0 Å². The molecule has 1 unspecified atom stereocenters. The van der Waals surface area contributed by atoms with E-state index >= 15 is 0 Å². The summed E-state index contributed by atoms with van der Waals surface area (Å²) < 4.78 is 26.9. The number of hydrogen-bond acceptors (Lipinski definition) is 2. The number of unbranched alkanes of at least 4 members (excludes halogenated alkanes) is 1. The van der Waals surface area contributed by atoms with E-state index in [4.69, 9.17) is 0 Å². The van der Waals surface area contributed by atoms with Crippen LogP contribution in [0.3, 0.4) is 0 Å². The summed E-state index contributed by atoms with van der Waals surface area (Å²) in [7, 11) is -3.35. The Labute approximate surface area is 104 Å². The lowest BCUT2D eigenvalue weighted by Crippen LogP contribution is -2.34. The maximum atomic E-state index is 12.1. The summed E-state index contributed by atoms with van der Waals surface area (Å²) in [4.78, 5) is 0.343. The van der Waals surface area contributed by atoms with Gasteiger partial charge in [0.2, 0.25) is 10.0 Å². The van der Waals surface area contributed by atoms with Gasteiger partial charge in [-0.1, -0.05) is 44.9 Å². The van der Waals surface area contributed by atoms with Gasteiger partial charge < -0.3 is 0 Å². The van der Waals surface area contributed by atoms with Crippen molar-refractivity contribution in [3.63, 3.8) is 0 Å². The zero-order chi connectivity index (χ0) is 12.7. The molecule has 3 nitrogen and oxygen atoms in total. The molecule has 0 aliphatic heterocycles. The van der Waals surface area contributed by atoms with Gasteiger partial charge in [0, 0.05) is 6.04 Å². The van der Waals surface area contributed by atoms with E-state index in [0.29, 0.717) is 4.90 Å². The summed E-state index contributed by atoms with van der Waals surface area (Å²) in [5.74, 6) is 0. The van der Waals surface area contributed by atoms with Crippen LogP contribution >= 0.6 is 0 Å². The maximum Gasteiger partial charge on any atom is 0.240 e. The Morgan fingerprint density at radius 1 is 1.18 bits per heavy atom. The van der Waals surface area contributed by atoms with E-state index in [0.717, 1.165) is 25.7 Å². The van der Waals surface area contributed by atoms with E-state index in [1.54, 1.807) is 24.3 Å². The van der Waals surface area contributed by atoms with Gasteiger partial charge in [-0.25, -0.2) is 13.1 Å². The highest BCUT2D eigenvalue weighted by Crippen LogP contribution is 2.11. The van der Waals surface area contributed by atoms with Gasteiger partial charge in [0.25, 0.3) is 0 Å². The highest BCUT2D eigenvalue weighted by atomic mass is 32.2. The van der Waals surface area contributed by atoms with Crippen molar-refractivity contribution in [2.75, 3.05) is 0 Å². The number of hydrogen-bond donors (Lipinski definition) is 1. The lowest BCUT2D eigenvalue weighted by molar-refractivity contribution is 0.501. The van der Waals surface area contributed by atoms with Crippen molar-refractivity contribution in [3.05, 3.63) is 30.3 Å². The van der Waals surface area contributed by atoms with Crippen LogP contribution in [0.2, 0.25) is 0 Å². The summed E-state index contributed by atoms with van der Waals surface area (Å²) in [6.45, 7) is 4.12. The maximum absolute atomic E-state index is 12.1. The fourth-order valence-corrected chi connectivity index (χ4v) is 3.06. The molecule has 1 aromatic carbocycles. The highest BCUT2D eigenvalue weighted by Gasteiger charge is 2.17. The fraction of sp³-hybridized carbons (Fsp3) is 0.538. The van der Waals surface area contributed by atoms with Crippen LogP contribution in [0.25, 0.3) is 0 Å². The molecule has 0 bridgehead atoms. The second-order valence-corrected chi connectivity index (χ2v) is 5.90. The first-order valence-corrected chi connectivity index (χ1v) is 7.65. The number of benzene rings is 1. The molecule has 0 aliphatic carbocycles. The minimum atomic E-state index is -3.35. The molecular weight excluding hydrogens is 234 g/mol. The van der Waals surface area contributed by atoms with Crippen LogP contribution in [0.5, 0.6) is 0 Å². The molecule has 1 rings (SSSR count). The van der Waals surface area contributed by atoms with Gasteiger partial charge in [0.1, 0.15) is 0 Å².